The molecule has 1 aromatic heterocycles. The lowest BCUT2D eigenvalue weighted by molar-refractivity contribution is -0.139. The van der Waals surface area contributed by atoms with Crippen molar-refractivity contribution in [2.75, 3.05) is 11.9 Å². The van der Waals surface area contributed by atoms with Gasteiger partial charge >= 0.3 is 12.1 Å². The number of nitrogens with one attached hydrogen (secondary N) is 2. The second-order valence-corrected chi connectivity index (χ2v) is 8.34. The van der Waals surface area contributed by atoms with Gasteiger partial charge in [-0.15, -0.1) is 23.2 Å². The van der Waals surface area contributed by atoms with Gasteiger partial charge in [-0.3, -0.25) is 10.1 Å². The van der Waals surface area contributed by atoms with Gasteiger partial charge in [-0.25, -0.2) is 14.6 Å². The van der Waals surface area contributed by atoms with Crippen LogP contribution in [0.5, 0.6) is 0 Å². The lowest BCUT2D eigenvalue weighted by Crippen LogP contribution is -2.40. The third-order valence-corrected chi connectivity index (χ3v) is 6.13. The molecule has 8 nitrogen and oxygen atoms in total. The van der Waals surface area contributed by atoms with E-state index in [0.717, 1.165) is 33.6 Å². The van der Waals surface area contributed by atoms with E-state index in [-0.39, 0.29) is 29.8 Å². The van der Waals surface area contributed by atoms with Crippen molar-refractivity contribution in [3.8, 4) is 23.0 Å². The highest BCUT2D eigenvalue weighted by Crippen LogP contribution is 2.44. The molecule has 3 N–H and O–H groups in total. The standard InChI is InChI=1S/C25H21N3O5S/c1-2-3-12-20(23(30)31)26-22(29)21-14-34-24(27-21)28-25(32)33-13-19-17-10-6-4-8-15(17)16-9-5-7-11-18(16)19/h4-11,14,19-20H,12-13H2,1H3,(H,26,29)(H,30,31)(H,27,28,32). The highest BCUT2D eigenvalue weighted by Gasteiger charge is 2.29. The molecular formula is C25H21N3O5S. The number of carboxylic acid groups (broad SMARTS) is 1. The Bertz CT molecular complexity index is 1260. The predicted molar refractivity (Wildman–Crippen MR) is 128 cm³/mol. The second-order valence-electron chi connectivity index (χ2n) is 7.48. The van der Waals surface area contributed by atoms with Crippen LogP contribution >= 0.6 is 11.3 Å². The summed E-state index contributed by atoms with van der Waals surface area (Å²) in [6.07, 6.45) is -0.711. The van der Waals surface area contributed by atoms with E-state index >= 15 is 0 Å². The summed E-state index contributed by atoms with van der Waals surface area (Å²) in [4.78, 5) is 40.1. The number of aliphatic carboxylic acids is 1. The summed E-state index contributed by atoms with van der Waals surface area (Å²) in [5, 5.41) is 15.7. The number of hydrogen-bond acceptors (Lipinski definition) is 6. The van der Waals surface area contributed by atoms with Gasteiger partial charge in [0.25, 0.3) is 5.91 Å². The zero-order valence-electron chi connectivity index (χ0n) is 18.2. The Morgan fingerprint density at radius 2 is 1.76 bits per heavy atom. The summed E-state index contributed by atoms with van der Waals surface area (Å²) in [7, 11) is 0. The number of amides is 2. The minimum Gasteiger partial charge on any atom is -0.480 e. The van der Waals surface area contributed by atoms with Crippen molar-refractivity contribution in [1.29, 1.82) is 0 Å². The Kier molecular flexibility index (Phi) is 6.90. The number of carboxylic acids is 1. The molecule has 9 heteroatoms. The molecule has 2 aromatic carbocycles. The molecule has 172 valence electrons. The fraction of sp³-hybridized carbons (Fsp3) is 0.200. The normalized spacial score (nSPS) is 12.5. The van der Waals surface area contributed by atoms with Crippen LogP contribution in [0, 0.1) is 11.8 Å². The number of rotatable bonds is 7. The smallest absolute Gasteiger partial charge is 0.413 e. The second kappa shape index (κ2) is 10.2. The van der Waals surface area contributed by atoms with Gasteiger partial charge in [0, 0.05) is 17.7 Å². The molecule has 1 aliphatic carbocycles. The molecular weight excluding hydrogens is 454 g/mol. The molecule has 0 saturated carbocycles. The summed E-state index contributed by atoms with van der Waals surface area (Å²) < 4.78 is 5.48. The van der Waals surface area contributed by atoms with Gasteiger partial charge in [-0.1, -0.05) is 48.5 Å². The summed E-state index contributed by atoms with van der Waals surface area (Å²) >= 11 is 1.04. The van der Waals surface area contributed by atoms with Crippen LogP contribution in [0.15, 0.2) is 53.9 Å². The van der Waals surface area contributed by atoms with Crippen molar-refractivity contribution in [3.63, 3.8) is 0 Å². The van der Waals surface area contributed by atoms with Crippen LogP contribution in [0.2, 0.25) is 0 Å². The number of thiazole rings is 1. The highest BCUT2D eigenvalue weighted by molar-refractivity contribution is 7.14. The van der Waals surface area contributed by atoms with Crippen molar-refractivity contribution in [1.82, 2.24) is 10.3 Å². The number of hydrogen-bond donors (Lipinski definition) is 3. The van der Waals surface area contributed by atoms with E-state index in [4.69, 9.17) is 4.74 Å². The Labute approximate surface area is 200 Å². The zero-order chi connectivity index (χ0) is 24.1. The molecule has 1 unspecified atom stereocenters. The molecule has 3 aromatic rings. The predicted octanol–water partition coefficient (Wildman–Crippen LogP) is 4.10. The number of anilines is 1. The first-order valence-corrected chi connectivity index (χ1v) is 11.4. The van der Waals surface area contributed by atoms with Gasteiger partial charge < -0.3 is 15.2 Å². The maximum Gasteiger partial charge on any atom is 0.413 e. The molecule has 0 saturated heterocycles. The van der Waals surface area contributed by atoms with Crippen LogP contribution < -0.4 is 10.6 Å². The number of carbonyl (C=O) groups excluding carboxylic acids is 2. The molecule has 4 rings (SSSR count). The van der Waals surface area contributed by atoms with E-state index < -0.39 is 24.0 Å². The molecule has 0 aliphatic heterocycles. The Morgan fingerprint density at radius 3 is 2.38 bits per heavy atom. The number of carbonyl (C=O) groups is 3. The Morgan fingerprint density at radius 1 is 1.12 bits per heavy atom. The first kappa shape index (κ1) is 23.0. The number of fused-ring (bicyclic) bond motifs is 3. The van der Waals surface area contributed by atoms with E-state index in [1.54, 1.807) is 6.92 Å². The van der Waals surface area contributed by atoms with Crippen molar-refractivity contribution in [2.24, 2.45) is 0 Å². The van der Waals surface area contributed by atoms with Gasteiger partial charge in [-0.05, 0) is 29.2 Å². The lowest BCUT2D eigenvalue weighted by Gasteiger charge is -2.14. The van der Waals surface area contributed by atoms with Crippen molar-refractivity contribution in [2.45, 2.75) is 25.3 Å². The van der Waals surface area contributed by atoms with Crippen LogP contribution in [-0.4, -0.2) is 40.7 Å². The summed E-state index contributed by atoms with van der Waals surface area (Å²) in [6.45, 7) is 1.74. The average molecular weight is 476 g/mol. The average Bonchev–Trinajstić information content (AvgIpc) is 3.43. The molecule has 1 atom stereocenters. The molecule has 0 spiro atoms. The molecule has 1 aliphatic rings. The van der Waals surface area contributed by atoms with E-state index in [1.807, 2.05) is 36.4 Å². The van der Waals surface area contributed by atoms with E-state index in [1.165, 1.54) is 5.38 Å². The largest absolute Gasteiger partial charge is 0.480 e. The molecule has 2 amide bonds. The van der Waals surface area contributed by atoms with Crippen LogP contribution in [-0.2, 0) is 9.53 Å². The maximum absolute atomic E-state index is 12.4. The van der Waals surface area contributed by atoms with Crippen LogP contribution in [0.3, 0.4) is 0 Å². The minimum absolute atomic E-state index is 0.00495. The highest BCUT2D eigenvalue weighted by atomic mass is 32.1. The first-order chi connectivity index (χ1) is 16.5. The minimum atomic E-state index is -1.19. The van der Waals surface area contributed by atoms with E-state index in [2.05, 4.69) is 39.6 Å². The number of benzene rings is 2. The lowest BCUT2D eigenvalue weighted by atomic mass is 9.98. The summed E-state index contributed by atoms with van der Waals surface area (Å²) in [5.41, 5.74) is 4.46. The molecule has 1 heterocycles. The number of nitrogens with zero attached hydrogens (tertiary/aromatic N) is 1. The SMILES string of the molecule is CC#CCC(NC(=O)c1csc(NC(=O)OCC2c3ccccc3-c3ccccc32)n1)C(=O)O. The topological polar surface area (TPSA) is 118 Å². The van der Waals surface area contributed by atoms with Gasteiger partial charge in [-0.2, -0.15) is 0 Å². The maximum atomic E-state index is 12.4. The monoisotopic (exact) mass is 475 g/mol. The summed E-state index contributed by atoms with van der Waals surface area (Å²) in [6, 6.07) is 14.9. The summed E-state index contributed by atoms with van der Waals surface area (Å²) in [5.74, 6) is 3.30. The fourth-order valence-corrected chi connectivity index (χ4v) is 4.47. The number of aromatic nitrogens is 1. The third kappa shape index (κ3) is 4.92. The van der Waals surface area contributed by atoms with Crippen molar-refractivity contribution < 1.29 is 24.2 Å². The third-order valence-electron chi connectivity index (χ3n) is 5.38. The molecule has 0 bridgehead atoms. The first-order valence-electron chi connectivity index (χ1n) is 10.5. The molecule has 34 heavy (non-hydrogen) atoms. The van der Waals surface area contributed by atoms with Crippen LogP contribution in [0.1, 0.15) is 40.9 Å². The van der Waals surface area contributed by atoms with Crippen LogP contribution in [0.4, 0.5) is 9.93 Å². The number of ether oxygens (including phenoxy) is 1. The zero-order valence-corrected chi connectivity index (χ0v) is 19.0. The quantitative estimate of drug-likeness (QED) is 0.443. The Balaban J connectivity index is 1.36. The fourth-order valence-electron chi connectivity index (χ4n) is 3.79. The van der Waals surface area contributed by atoms with Crippen LogP contribution in [0.25, 0.3) is 11.1 Å². The van der Waals surface area contributed by atoms with Crippen molar-refractivity contribution in [3.05, 3.63) is 70.7 Å². The van der Waals surface area contributed by atoms with Gasteiger partial charge in [0.15, 0.2) is 5.13 Å². The van der Waals surface area contributed by atoms with Gasteiger partial charge in [0.05, 0.1) is 0 Å². The van der Waals surface area contributed by atoms with E-state index in [0.29, 0.717) is 0 Å². The molecule has 0 fully saturated rings. The Hall–Kier alpha value is -4.16. The van der Waals surface area contributed by atoms with Gasteiger partial charge in [0.1, 0.15) is 18.3 Å². The van der Waals surface area contributed by atoms with E-state index in [9.17, 15) is 19.5 Å². The molecule has 0 radical (unpaired) electrons. The van der Waals surface area contributed by atoms with Gasteiger partial charge in [0.2, 0.25) is 0 Å². The van der Waals surface area contributed by atoms with Crippen molar-refractivity contribution >= 4 is 34.4 Å².